The standard InChI is InChI=1S/C11H15BrFNO2S/c1-2-10(14)7-17(15,16)6-8-3-4-9(13)5-11(8)12/h3-5,10H,2,6-7,14H2,1H3. The van der Waals surface area contributed by atoms with Crippen LogP contribution in [0, 0.1) is 5.82 Å². The summed E-state index contributed by atoms with van der Waals surface area (Å²) in [7, 11) is -3.26. The highest BCUT2D eigenvalue weighted by Crippen LogP contribution is 2.20. The van der Waals surface area contributed by atoms with Crippen molar-refractivity contribution in [2.24, 2.45) is 5.73 Å². The van der Waals surface area contributed by atoms with Crippen LogP contribution in [0.25, 0.3) is 0 Å². The Morgan fingerprint density at radius 2 is 2.12 bits per heavy atom. The third-order valence-electron chi connectivity index (χ3n) is 2.38. The second kappa shape index (κ2) is 5.93. The Morgan fingerprint density at radius 1 is 1.47 bits per heavy atom. The lowest BCUT2D eigenvalue weighted by atomic mass is 10.2. The van der Waals surface area contributed by atoms with E-state index in [1.807, 2.05) is 6.92 Å². The van der Waals surface area contributed by atoms with Crippen LogP contribution in [0.1, 0.15) is 18.9 Å². The zero-order valence-electron chi connectivity index (χ0n) is 9.49. The Labute approximate surface area is 109 Å². The van der Waals surface area contributed by atoms with Crippen LogP contribution in [0.5, 0.6) is 0 Å². The number of halogens is 2. The maximum atomic E-state index is 12.8. The molecule has 0 aromatic heterocycles. The molecule has 17 heavy (non-hydrogen) atoms. The lowest BCUT2D eigenvalue weighted by Crippen LogP contribution is -2.29. The van der Waals surface area contributed by atoms with E-state index in [4.69, 9.17) is 5.73 Å². The zero-order chi connectivity index (χ0) is 13.1. The van der Waals surface area contributed by atoms with Gasteiger partial charge in [-0.15, -0.1) is 0 Å². The van der Waals surface area contributed by atoms with Gasteiger partial charge in [-0.3, -0.25) is 0 Å². The Bertz CT molecular complexity index is 490. The summed E-state index contributed by atoms with van der Waals surface area (Å²) in [5.74, 6) is -0.571. The van der Waals surface area contributed by atoms with E-state index in [9.17, 15) is 12.8 Å². The van der Waals surface area contributed by atoms with Gasteiger partial charge in [0.05, 0.1) is 11.5 Å². The van der Waals surface area contributed by atoms with Gasteiger partial charge >= 0.3 is 0 Å². The lowest BCUT2D eigenvalue weighted by molar-refractivity contribution is 0.582. The van der Waals surface area contributed by atoms with Gasteiger partial charge in [-0.2, -0.15) is 0 Å². The van der Waals surface area contributed by atoms with Gasteiger partial charge in [-0.05, 0) is 24.1 Å². The van der Waals surface area contributed by atoms with Crippen molar-refractivity contribution < 1.29 is 12.8 Å². The highest BCUT2D eigenvalue weighted by molar-refractivity contribution is 9.10. The van der Waals surface area contributed by atoms with E-state index in [1.54, 1.807) is 0 Å². The summed E-state index contributed by atoms with van der Waals surface area (Å²) in [6.45, 7) is 1.84. The summed E-state index contributed by atoms with van der Waals surface area (Å²) in [5.41, 5.74) is 6.17. The van der Waals surface area contributed by atoms with E-state index >= 15 is 0 Å². The SMILES string of the molecule is CCC(N)CS(=O)(=O)Cc1ccc(F)cc1Br. The van der Waals surface area contributed by atoms with Crippen LogP contribution in [-0.2, 0) is 15.6 Å². The fraction of sp³-hybridized carbons (Fsp3) is 0.455. The van der Waals surface area contributed by atoms with Gasteiger partial charge in [0, 0.05) is 10.5 Å². The third kappa shape index (κ3) is 4.73. The van der Waals surface area contributed by atoms with Crippen LogP contribution >= 0.6 is 15.9 Å². The fourth-order valence-electron chi connectivity index (χ4n) is 1.38. The topological polar surface area (TPSA) is 60.2 Å². The van der Waals surface area contributed by atoms with E-state index in [2.05, 4.69) is 15.9 Å². The van der Waals surface area contributed by atoms with Crippen molar-refractivity contribution in [1.29, 1.82) is 0 Å². The summed E-state index contributed by atoms with van der Waals surface area (Å²) in [6.07, 6.45) is 0.615. The predicted molar refractivity (Wildman–Crippen MR) is 69.9 cm³/mol. The van der Waals surface area contributed by atoms with Crippen LogP contribution < -0.4 is 5.73 Å². The number of benzene rings is 1. The molecule has 0 spiro atoms. The molecule has 96 valence electrons. The van der Waals surface area contributed by atoms with E-state index in [1.165, 1.54) is 18.2 Å². The van der Waals surface area contributed by atoms with Crippen molar-refractivity contribution in [2.75, 3.05) is 5.75 Å². The average molecular weight is 324 g/mol. The molecule has 0 aliphatic rings. The van der Waals surface area contributed by atoms with E-state index < -0.39 is 15.7 Å². The molecule has 1 aromatic carbocycles. The number of hydrogen-bond acceptors (Lipinski definition) is 3. The van der Waals surface area contributed by atoms with Crippen LogP contribution in [-0.4, -0.2) is 20.2 Å². The van der Waals surface area contributed by atoms with E-state index in [-0.39, 0.29) is 17.5 Å². The highest BCUT2D eigenvalue weighted by atomic mass is 79.9. The minimum absolute atomic E-state index is 0.0483. The highest BCUT2D eigenvalue weighted by Gasteiger charge is 2.17. The first kappa shape index (κ1) is 14.6. The van der Waals surface area contributed by atoms with Gasteiger partial charge < -0.3 is 5.73 Å². The zero-order valence-corrected chi connectivity index (χ0v) is 11.9. The van der Waals surface area contributed by atoms with Crippen molar-refractivity contribution >= 4 is 25.8 Å². The second-order valence-corrected chi connectivity index (χ2v) is 6.92. The molecule has 1 atom stereocenters. The first-order valence-corrected chi connectivity index (χ1v) is 7.85. The minimum Gasteiger partial charge on any atom is -0.327 e. The molecule has 1 aromatic rings. The Balaban J connectivity index is 2.83. The summed E-state index contributed by atoms with van der Waals surface area (Å²) in [6, 6.07) is 3.62. The monoisotopic (exact) mass is 323 g/mol. The number of hydrogen-bond donors (Lipinski definition) is 1. The first-order chi connectivity index (χ1) is 7.84. The molecule has 0 bridgehead atoms. The third-order valence-corrected chi connectivity index (χ3v) is 4.81. The maximum absolute atomic E-state index is 12.8. The van der Waals surface area contributed by atoms with Crippen molar-refractivity contribution in [1.82, 2.24) is 0 Å². The van der Waals surface area contributed by atoms with Gasteiger partial charge in [-0.25, -0.2) is 12.8 Å². The maximum Gasteiger partial charge on any atom is 0.156 e. The molecule has 6 heteroatoms. The molecule has 3 nitrogen and oxygen atoms in total. The van der Waals surface area contributed by atoms with Gasteiger partial charge in [0.15, 0.2) is 9.84 Å². The Hall–Kier alpha value is -0.460. The molecule has 0 saturated carbocycles. The first-order valence-electron chi connectivity index (χ1n) is 5.24. The van der Waals surface area contributed by atoms with Gasteiger partial charge in [-0.1, -0.05) is 28.9 Å². The van der Waals surface area contributed by atoms with E-state index in [0.29, 0.717) is 16.5 Å². The number of nitrogens with two attached hydrogens (primary N) is 1. The van der Waals surface area contributed by atoms with Gasteiger partial charge in [0.1, 0.15) is 5.82 Å². The molecule has 1 rings (SSSR count). The molecule has 0 saturated heterocycles. The normalized spacial score (nSPS) is 13.6. The molecular formula is C11H15BrFNO2S. The fourth-order valence-corrected chi connectivity index (χ4v) is 3.79. The molecule has 0 aliphatic carbocycles. The quantitative estimate of drug-likeness (QED) is 0.904. The van der Waals surface area contributed by atoms with E-state index in [0.717, 1.165) is 0 Å². The van der Waals surface area contributed by atoms with Crippen LogP contribution in [0.15, 0.2) is 22.7 Å². The van der Waals surface area contributed by atoms with Gasteiger partial charge in [0.2, 0.25) is 0 Å². The molecule has 2 N–H and O–H groups in total. The van der Waals surface area contributed by atoms with Crippen LogP contribution in [0.3, 0.4) is 0 Å². The minimum atomic E-state index is -3.26. The smallest absolute Gasteiger partial charge is 0.156 e. The van der Waals surface area contributed by atoms with Crippen LogP contribution in [0.4, 0.5) is 4.39 Å². The van der Waals surface area contributed by atoms with Crippen molar-refractivity contribution in [3.05, 3.63) is 34.1 Å². The molecule has 1 unspecified atom stereocenters. The summed E-state index contributed by atoms with van der Waals surface area (Å²) >= 11 is 3.15. The van der Waals surface area contributed by atoms with Crippen molar-refractivity contribution in [3.8, 4) is 0 Å². The summed E-state index contributed by atoms with van der Waals surface area (Å²) < 4.78 is 36.9. The Morgan fingerprint density at radius 3 is 2.65 bits per heavy atom. The van der Waals surface area contributed by atoms with Crippen molar-refractivity contribution in [2.45, 2.75) is 25.1 Å². The largest absolute Gasteiger partial charge is 0.327 e. The van der Waals surface area contributed by atoms with Gasteiger partial charge in [0.25, 0.3) is 0 Å². The summed E-state index contributed by atoms with van der Waals surface area (Å²) in [5, 5.41) is 0. The molecule has 0 radical (unpaired) electrons. The number of rotatable bonds is 5. The molecule has 0 amide bonds. The number of sulfone groups is 1. The molecule has 0 heterocycles. The van der Waals surface area contributed by atoms with Crippen molar-refractivity contribution in [3.63, 3.8) is 0 Å². The van der Waals surface area contributed by atoms with Crippen LogP contribution in [0.2, 0.25) is 0 Å². The molecule has 0 aliphatic heterocycles. The molecular weight excluding hydrogens is 309 g/mol. The average Bonchev–Trinajstić information content (AvgIpc) is 2.21. The second-order valence-electron chi connectivity index (χ2n) is 3.96. The predicted octanol–water partition coefficient (Wildman–Crippen LogP) is 2.24. The lowest BCUT2D eigenvalue weighted by Gasteiger charge is -2.10. The molecule has 0 fully saturated rings. The Kier molecular flexibility index (Phi) is 5.09. The summed E-state index contributed by atoms with van der Waals surface area (Å²) in [4.78, 5) is 0.